The highest BCUT2D eigenvalue weighted by atomic mass is 32.2. The summed E-state index contributed by atoms with van der Waals surface area (Å²) in [5, 5.41) is 13.5. The number of carbonyl (C=O) groups excluding carboxylic acids is 1. The lowest BCUT2D eigenvalue weighted by molar-refractivity contribution is -0.385. The van der Waals surface area contributed by atoms with Crippen molar-refractivity contribution in [3.8, 4) is 0 Å². The third kappa shape index (κ3) is 5.73. The summed E-state index contributed by atoms with van der Waals surface area (Å²) >= 11 is 0. The molecule has 0 aromatic heterocycles. The number of amides is 1. The zero-order valence-electron chi connectivity index (χ0n) is 14.7. The van der Waals surface area contributed by atoms with Crippen molar-refractivity contribution in [1.82, 2.24) is 4.72 Å². The number of nitrogens with zero attached hydrogens (tertiary/aromatic N) is 1. The molecule has 2 aromatic rings. The molecule has 8 nitrogen and oxygen atoms in total. The number of rotatable bonds is 7. The van der Waals surface area contributed by atoms with E-state index in [0.29, 0.717) is 11.3 Å². The molecule has 27 heavy (non-hydrogen) atoms. The van der Waals surface area contributed by atoms with E-state index in [4.69, 9.17) is 0 Å². The van der Waals surface area contributed by atoms with Crippen molar-refractivity contribution in [3.05, 3.63) is 70.3 Å². The maximum atomic E-state index is 12.1. The van der Waals surface area contributed by atoms with Crippen molar-refractivity contribution in [2.24, 2.45) is 0 Å². The number of anilines is 1. The summed E-state index contributed by atoms with van der Waals surface area (Å²) in [6, 6.07) is 11.5. The number of para-hydroxylation sites is 1. The quantitative estimate of drug-likeness (QED) is 0.429. The van der Waals surface area contributed by atoms with Gasteiger partial charge >= 0.3 is 0 Å². The minimum absolute atomic E-state index is 0.0876. The van der Waals surface area contributed by atoms with Gasteiger partial charge in [-0.05, 0) is 50.3 Å². The Morgan fingerprint density at radius 3 is 2.33 bits per heavy atom. The van der Waals surface area contributed by atoms with E-state index in [1.54, 1.807) is 26.0 Å². The second-order valence-corrected chi connectivity index (χ2v) is 7.65. The standard InChI is InChI=1S/C18H19N3O5S/c1-13(2)20-27(25,26)16-10-8-15(9-11-16)19-18(22)12-7-14-5-3-4-6-17(14)21(23)24/h3-13,20H,1-2H3,(H,19,22)/b12-7+. The number of benzene rings is 2. The normalized spacial score (nSPS) is 11.7. The van der Waals surface area contributed by atoms with Gasteiger partial charge in [0, 0.05) is 23.9 Å². The van der Waals surface area contributed by atoms with Gasteiger partial charge < -0.3 is 5.32 Å². The summed E-state index contributed by atoms with van der Waals surface area (Å²) in [4.78, 5) is 22.5. The molecule has 0 bridgehead atoms. The molecule has 0 aliphatic rings. The molecule has 2 rings (SSSR count). The summed E-state index contributed by atoms with van der Waals surface area (Å²) in [6.07, 6.45) is 2.52. The largest absolute Gasteiger partial charge is 0.323 e. The third-order valence-electron chi connectivity index (χ3n) is 3.37. The molecule has 2 aromatic carbocycles. The van der Waals surface area contributed by atoms with Crippen molar-refractivity contribution in [2.45, 2.75) is 24.8 Å². The van der Waals surface area contributed by atoms with Crippen molar-refractivity contribution in [2.75, 3.05) is 5.32 Å². The first-order valence-corrected chi connectivity index (χ1v) is 9.52. The fourth-order valence-corrected chi connectivity index (χ4v) is 3.49. The molecule has 0 heterocycles. The predicted octanol–water partition coefficient (Wildman–Crippen LogP) is 2.93. The molecular formula is C18H19N3O5S. The Hall–Kier alpha value is -3.04. The molecular weight excluding hydrogens is 370 g/mol. The fourth-order valence-electron chi connectivity index (χ4n) is 2.24. The van der Waals surface area contributed by atoms with E-state index >= 15 is 0 Å². The molecule has 0 aliphatic carbocycles. The van der Waals surface area contributed by atoms with E-state index in [-0.39, 0.29) is 16.6 Å². The summed E-state index contributed by atoms with van der Waals surface area (Å²) in [6.45, 7) is 3.44. The minimum Gasteiger partial charge on any atom is -0.323 e. The van der Waals surface area contributed by atoms with E-state index < -0.39 is 20.9 Å². The molecule has 0 atom stereocenters. The van der Waals surface area contributed by atoms with Crippen LogP contribution in [0.5, 0.6) is 0 Å². The molecule has 9 heteroatoms. The van der Waals surface area contributed by atoms with Gasteiger partial charge in [-0.3, -0.25) is 14.9 Å². The van der Waals surface area contributed by atoms with E-state index in [1.165, 1.54) is 48.6 Å². The van der Waals surface area contributed by atoms with E-state index in [0.717, 1.165) is 0 Å². The zero-order valence-corrected chi connectivity index (χ0v) is 15.6. The molecule has 0 radical (unpaired) electrons. The maximum Gasteiger partial charge on any atom is 0.276 e. The summed E-state index contributed by atoms with van der Waals surface area (Å²) in [5.41, 5.74) is 0.600. The SMILES string of the molecule is CC(C)NS(=O)(=O)c1ccc(NC(=O)/C=C/c2ccccc2[N+](=O)[O-])cc1. The van der Waals surface area contributed by atoms with Crippen LogP contribution in [0.1, 0.15) is 19.4 Å². The number of sulfonamides is 1. The van der Waals surface area contributed by atoms with Gasteiger partial charge in [0.2, 0.25) is 15.9 Å². The average molecular weight is 389 g/mol. The maximum absolute atomic E-state index is 12.1. The summed E-state index contributed by atoms with van der Waals surface area (Å²) in [7, 11) is -3.60. The van der Waals surface area contributed by atoms with E-state index in [9.17, 15) is 23.3 Å². The van der Waals surface area contributed by atoms with Crippen LogP contribution in [-0.4, -0.2) is 25.3 Å². The molecule has 1 amide bonds. The lowest BCUT2D eigenvalue weighted by Crippen LogP contribution is -2.30. The van der Waals surface area contributed by atoms with Crippen molar-refractivity contribution in [3.63, 3.8) is 0 Å². The van der Waals surface area contributed by atoms with Crippen molar-refractivity contribution < 1.29 is 18.1 Å². The van der Waals surface area contributed by atoms with Crippen LogP contribution in [0.4, 0.5) is 11.4 Å². The van der Waals surface area contributed by atoms with Gasteiger partial charge in [-0.2, -0.15) is 0 Å². The molecule has 142 valence electrons. The van der Waals surface area contributed by atoms with E-state index in [1.807, 2.05) is 0 Å². The predicted molar refractivity (Wildman–Crippen MR) is 103 cm³/mol. The Balaban J connectivity index is 2.08. The molecule has 0 unspecified atom stereocenters. The number of hydrogen-bond acceptors (Lipinski definition) is 5. The number of nitro benzene ring substituents is 1. The highest BCUT2D eigenvalue weighted by molar-refractivity contribution is 7.89. The van der Waals surface area contributed by atoms with Crippen molar-refractivity contribution >= 4 is 33.4 Å². The van der Waals surface area contributed by atoms with Gasteiger partial charge in [-0.15, -0.1) is 0 Å². The van der Waals surface area contributed by atoms with Gasteiger partial charge in [-0.1, -0.05) is 12.1 Å². The van der Waals surface area contributed by atoms with Gasteiger partial charge in [0.1, 0.15) is 0 Å². The molecule has 0 saturated carbocycles. The van der Waals surface area contributed by atoms with Crippen LogP contribution in [-0.2, 0) is 14.8 Å². The Morgan fingerprint density at radius 1 is 1.11 bits per heavy atom. The van der Waals surface area contributed by atoms with Crippen LogP contribution >= 0.6 is 0 Å². The highest BCUT2D eigenvalue weighted by Crippen LogP contribution is 2.19. The minimum atomic E-state index is -3.60. The Morgan fingerprint density at radius 2 is 1.74 bits per heavy atom. The second-order valence-electron chi connectivity index (χ2n) is 5.94. The van der Waals surface area contributed by atoms with Gasteiger partial charge in [-0.25, -0.2) is 13.1 Å². The van der Waals surface area contributed by atoms with Crippen molar-refractivity contribution in [1.29, 1.82) is 0 Å². The van der Waals surface area contributed by atoms with E-state index in [2.05, 4.69) is 10.0 Å². The molecule has 0 fully saturated rings. The molecule has 0 spiro atoms. The Labute approximate surface area is 157 Å². The molecule has 2 N–H and O–H groups in total. The second kappa shape index (κ2) is 8.56. The first kappa shape index (κ1) is 20.3. The highest BCUT2D eigenvalue weighted by Gasteiger charge is 2.15. The van der Waals surface area contributed by atoms with Crippen LogP contribution in [0.3, 0.4) is 0 Å². The smallest absolute Gasteiger partial charge is 0.276 e. The fraction of sp³-hybridized carbons (Fsp3) is 0.167. The first-order chi connectivity index (χ1) is 12.7. The number of nitro groups is 1. The zero-order chi connectivity index (χ0) is 20.0. The molecule has 0 aliphatic heterocycles. The third-order valence-corrected chi connectivity index (χ3v) is 5.05. The van der Waals surface area contributed by atoms with Crippen LogP contribution < -0.4 is 10.0 Å². The first-order valence-electron chi connectivity index (χ1n) is 8.04. The topological polar surface area (TPSA) is 118 Å². The monoisotopic (exact) mass is 389 g/mol. The average Bonchev–Trinajstić information content (AvgIpc) is 2.59. The Bertz CT molecular complexity index is 967. The van der Waals surface area contributed by atoms with Crippen LogP contribution in [0.25, 0.3) is 6.08 Å². The summed E-state index contributed by atoms with van der Waals surface area (Å²) < 4.78 is 26.6. The number of nitrogens with one attached hydrogen (secondary N) is 2. The Kier molecular flexibility index (Phi) is 6.43. The van der Waals surface area contributed by atoms with Gasteiger partial charge in [0.25, 0.3) is 5.69 Å². The van der Waals surface area contributed by atoms with Crippen LogP contribution in [0, 0.1) is 10.1 Å². The number of hydrogen-bond donors (Lipinski definition) is 2. The van der Waals surface area contributed by atoms with Gasteiger partial charge in [0.05, 0.1) is 15.4 Å². The summed E-state index contributed by atoms with van der Waals surface area (Å²) in [5.74, 6) is -0.496. The molecule has 0 saturated heterocycles. The van der Waals surface area contributed by atoms with Crippen LogP contribution in [0.15, 0.2) is 59.5 Å². The lowest BCUT2D eigenvalue weighted by atomic mass is 10.1. The van der Waals surface area contributed by atoms with Gasteiger partial charge in [0.15, 0.2) is 0 Å². The number of carbonyl (C=O) groups is 1. The van der Waals surface area contributed by atoms with Crippen LogP contribution in [0.2, 0.25) is 0 Å². The lowest BCUT2D eigenvalue weighted by Gasteiger charge is -2.10.